The van der Waals surface area contributed by atoms with E-state index in [1.54, 1.807) is 0 Å². The van der Waals surface area contributed by atoms with Crippen molar-refractivity contribution in [2.45, 2.75) is 11.7 Å². The van der Waals surface area contributed by atoms with Gasteiger partial charge in [0.15, 0.2) is 0 Å². The summed E-state index contributed by atoms with van der Waals surface area (Å²) in [6.45, 7) is 0. The van der Waals surface area contributed by atoms with Gasteiger partial charge in [-0.25, -0.2) is 13.2 Å². The van der Waals surface area contributed by atoms with Gasteiger partial charge in [-0.3, -0.25) is 9.52 Å². The van der Waals surface area contributed by atoms with Gasteiger partial charge in [-0.05, 0) is 17.7 Å². The second kappa shape index (κ2) is 4.93. The van der Waals surface area contributed by atoms with Crippen LogP contribution in [-0.4, -0.2) is 27.4 Å². The van der Waals surface area contributed by atoms with Gasteiger partial charge in [0.1, 0.15) is 5.25 Å². The highest BCUT2D eigenvalue weighted by Crippen LogP contribution is 2.35. The van der Waals surface area contributed by atoms with Crippen molar-refractivity contribution < 1.29 is 22.7 Å². The lowest BCUT2D eigenvalue weighted by molar-refractivity contribution is -0.118. The summed E-state index contributed by atoms with van der Waals surface area (Å²) in [6, 6.07) is 4.43. The van der Waals surface area contributed by atoms with Crippen LogP contribution in [0.15, 0.2) is 22.7 Å². The van der Waals surface area contributed by atoms with Gasteiger partial charge >= 0.3 is 5.97 Å². The lowest BCUT2D eigenvalue weighted by Crippen LogP contribution is -2.21. The van der Waals surface area contributed by atoms with Crippen LogP contribution in [0.4, 0.5) is 0 Å². The van der Waals surface area contributed by atoms with Crippen LogP contribution in [0.5, 0.6) is 0 Å². The molecule has 1 fully saturated rings. The number of amides is 1. The summed E-state index contributed by atoms with van der Waals surface area (Å²) in [5.74, 6) is -1.05. The molecule has 1 N–H and O–H groups in total. The van der Waals surface area contributed by atoms with Crippen molar-refractivity contribution in [3.63, 3.8) is 0 Å². The average Bonchev–Trinajstić information content (AvgIpc) is 2.61. The number of esters is 1. The molecule has 6 nitrogen and oxygen atoms in total. The second-order valence-corrected chi connectivity index (χ2v) is 6.71. The minimum Gasteiger partial charge on any atom is -0.465 e. The number of hydrogen-bond acceptors (Lipinski definition) is 5. The molecule has 19 heavy (non-hydrogen) atoms. The van der Waals surface area contributed by atoms with E-state index in [9.17, 15) is 18.0 Å². The highest BCUT2D eigenvalue weighted by atomic mass is 79.9. The van der Waals surface area contributed by atoms with Crippen molar-refractivity contribution in [3.05, 3.63) is 33.8 Å². The van der Waals surface area contributed by atoms with Gasteiger partial charge in [0.25, 0.3) is 0 Å². The Morgan fingerprint density at radius 2 is 2.16 bits per heavy atom. The Bertz CT molecular complexity index is 655. The number of methoxy groups -OCH3 is 1. The minimum atomic E-state index is -3.70. The Balaban J connectivity index is 2.42. The van der Waals surface area contributed by atoms with E-state index in [4.69, 9.17) is 0 Å². The summed E-state index contributed by atoms with van der Waals surface area (Å²) in [5, 5.41) is -0.943. The Kier molecular flexibility index (Phi) is 3.64. The third kappa shape index (κ3) is 2.64. The van der Waals surface area contributed by atoms with E-state index in [1.165, 1.54) is 25.3 Å². The minimum absolute atomic E-state index is 0.126. The summed E-state index contributed by atoms with van der Waals surface area (Å²) < 4.78 is 30.5. The Morgan fingerprint density at radius 3 is 2.63 bits per heavy atom. The maximum Gasteiger partial charge on any atom is 0.337 e. The smallest absolute Gasteiger partial charge is 0.337 e. The molecule has 0 bridgehead atoms. The van der Waals surface area contributed by atoms with Gasteiger partial charge in [0.05, 0.1) is 19.1 Å². The molecule has 1 aliphatic rings. The van der Waals surface area contributed by atoms with Crippen LogP contribution >= 0.6 is 15.9 Å². The number of halogens is 1. The standard InChI is InChI=1S/C11H10BrNO5S/c1-18-11(15)6-2-3-7(8(12)4-6)9-5-10(14)13-19(9,16)17/h2-4,9H,5H2,1H3,(H,13,14)/t9-/m1/s1. The SMILES string of the molecule is COC(=O)c1ccc([C@H]2CC(=O)NS2(=O)=O)c(Br)c1. The molecule has 0 radical (unpaired) electrons. The van der Waals surface area contributed by atoms with Crippen molar-refractivity contribution in [2.75, 3.05) is 7.11 Å². The third-order valence-electron chi connectivity index (χ3n) is 2.77. The topological polar surface area (TPSA) is 89.5 Å². The number of carbonyl (C=O) groups is 2. The van der Waals surface area contributed by atoms with Crippen molar-refractivity contribution in [3.8, 4) is 0 Å². The molecular formula is C11H10BrNO5S. The Labute approximate surface area is 118 Å². The monoisotopic (exact) mass is 347 g/mol. The van der Waals surface area contributed by atoms with E-state index in [-0.39, 0.29) is 6.42 Å². The molecule has 1 aliphatic heterocycles. The number of sulfonamides is 1. The summed E-state index contributed by atoms with van der Waals surface area (Å²) >= 11 is 3.21. The van der Waals surface area contributed by atoms with Gasteiger partial charge in [0, 0.05) is 4.47 Å². The number of ether oxygens (including phenoxy) is 1. The molecule has 0 aromatic heterocycles. The number of carbonyl (C=O) groups excluding carboxylic acids is 2. The largest absolute Gasteiger partial charge is 0.465 e. The average molecular weight is 348 g/mol. The Morgan fingerprint density at radius 1 is 1.47 bits per heavy atom. The first-order chi connectivity index (χ1) is 8.85. The Hall–Kier alpha value is -1.41. The molecule has 1 saturated heterocycles. The van der Waals surface area contributed by atoms with Crippen LogP contribution in [0.1, 0.15) is 27.6 Å². The maximum atomic E-state index is 11.8. The zero-order chi connectivity index (χ0) is 14.2. The highest BCUT2D eigenvalue weighted by molar-refractivity contribution is 9.10. The van der Waals surface area contributed by atoms with E-state index in [1.807, 2.05) is 4.72 Å². The van der Waals surface area contributed by atoms with E-state index in [0.29, 0.717) is 15.6 Å². The predicted octanol–water partition coefficient (Wildman–Crippen LogP) is 1.13. The summed E-state index contributed by atoms with van der Waals surface area (Å²) in [7, 11) is -2.44. The molecule has 0 spiro atoms. The van der Waals surface area contributed by atoms with Crippen LogP contribution in [-0.2, 0) is 19.6 Å². The van der Waals surface area contributed by atoms with E-state index >= 15 is 0 Å². The third-order valence-corrected chi connectivity index (χ3v) is 5.14. The molecular weight excluding hydrogens is 338 g/mol. The van der Waals surface area contributed by atoms with E-state index < -0.39 is 27.1 Å². The van der Waals surface area contributed by atoms with Gasteiger partial charge in [-0.2, -0.15) is 0 Å². The van der Waals surface area contributed by atoms with Crippen LogP contribution in [0.25, 0.3) is 0 Å². The molecule has 8 heteroatoms. The van der Waals surface area contributed by atoms with Gasteiger partial charge in [-0.15, -0.1) is 0 Å². The fourth-order valence-corrected chi connectivity index (χ4v) is 4.12. The van der Waals surface area contributed by atoms with Crippen molar-refractivity contribution in [2.24, 2.45) is 0 Å². The van der Waals surface area contributed by atoms with E-state index in [2.05, 4.69) is 20.7 Å². The fourth-order valence-electron chi connectivity index (χ4n) is 1.86. The molecule has 0 aliphatic carbocycles. The summed E-state index contributed by atoms with van der Waals surface area (Å²) in [5.41, 5.74) is 0.735. The quantitative estimate of drug-likeness (QED) is 0.810. The summed E-state index contributed by atoms with van der Waals surface area (Å²) in [6.07, 6.45) is -0.126. The molecule has 1 aromatic rings. The molecule has 1 amide bonds. The number of benzene rings is 1. The van der Waals surface area contributed by atoms with Crippen LogP contribution < -0.4 is 4.72 Å². The first-order valence-electron chi connectivity index (χ1n) is 5.27. The number of hydrogen-bond donors (Lipinski definition) is 1. The summed E-state index contributed by atoms with van der Waals surface area (Å²) in [4.78, 5) is 22.5. The second-order valence-electron chi connectivity index (χ2n) is 3.99. The molecule has 1 atom stereocenters. The van der Waals surface area contributed by atoms with Crippen LogP contribution in [0.2, 0.25) is 0 Å². The lowest BCUT2D eigenvalue weighted by Gasteiger charge is -2.11. The highest BCUT2D eigenvalue weighted by Gasteiger charge is 2.38. The molecule has 0 saturated carbocycles. The van der Waals surface area contributed by atoms with Crippen molar-refractivity contribution in [1.82, 2.24) is 4.72 Å². The first-order valence-corrected chi connectivity index (χ1v) is 7.61. The van der Waals surface area contributed by atoms with Crippen molar-refractivity contribution >= 4 is 37.8 Å². The number of rotatable bonds is 2. The van der Waals surface area contributed by atoms with Gasteiger partial charge in [0.2, 0.25) is 15.9 Å². The van der Waals surface area contributed by atoms with E-state index in [0.717, 1.165) is 0 Å². The van der Waals surface area contributed by atoms with Gasteiger partial charge < -0.3 is 4.74 Å². The maximum absolute atomic E-state index is 11.8. The molecule has 1 heterocycles. The molecule has 102 valence electrons. The molecule has 1 aromatic carbocycles. The van der Waals surface area contributed by atoms with Crippen LogP contribution in [0, 0.1) is 0 Å². The molecule has 2 rings (SSSR count). The zero-order valence-electron chi connectivity index (χ0n) is 9.84. The van der Waals surface area contributed by atoms with Gasteiger partial charge in [-0.1, -0.05) is 22.0 Å². The van der Waals surface area contributed by atoms with Crippen molar-refractivity contribution in [1.29, 1.82) is 0 Å². The van der Waals surface area contributed by atoms with Crippen LogP contribution in [0.3, 0.4) is 0 Å². The lowest BCUT2D eigenvalue weighted by atomic mass is 10.1. The normalized spacial score (nSPS) is 20.9. The zero-order valence-corrected chi connectivity index (χ0v) is 12.2. The first kappa shape index (κ1) is 14.0. The number of nitrogens with one attached hydrogen (secondary N) is 1. The predicted molar refractivity (Wildman–Crippen MR) is 69.9 cm³/mol. The fraction of sp³-hybridized carbons (Fsp3) is 0.273. The molecule has 0 unspecified atom stereocenters.